The predicted octanol–water partition coefficient (Wildman–Crippen LogP) is 2.68. The summed E-state index contributed by atoms with van der Waals surface area (Å²) in [7, 11) is -3.56. The zero-order valence-electron chi connectivity index (χ0n) is 12.8. The molecule has 0 saturated heterocycles. The van der Waals surface area contributed by atoms with E-state index in [-0.39, 0.29) is 5.75 Å². The van der Waals surface area contributed by atoms with Gasteiger partial charge in [0.05, 0.1) is 11.4 Å². The molecule has 0 unspecified atom stereocenters. The van der Waals surface area contributed by atoms with Gasteiger partial charge in [-0.05, 0) is 17.7 Å². The topological polar surface area (TPSA) is 98.0 Å². The number of nitrogens with two attached hydrogens (primary N) is 1. The standard InChI is InChI=1S/C17H16N4O2S/c18-24(22,23)11-13-5-4-8-15(9-13)21-17-10-16(19-12-20-17)14-6-2-1-3-7-14/h1-10,12H,11H2,(H2,18,22,23)(H,19,20,21). The average Bonchev–Trinajstić information content (AvgIpc) is 2.55. The van der Waals surface area contributed by atoms with Gasteiger partial charge in [-0.1, -0.05) is 42.5 Å². The normalized spacial score (nSPS) is 11.2. The summed E-state index contributed by atoms with van der Waals surface area (Å²) in [6.45, 7) is 0. The van der Waals surface area contributed by atoms with E-state index in [1.165, 1.54) is 6.33 Å². The number of nitrogens with one attached hydrogen (secondary N) is 1. The third kappa shape index (κ3) is 4.37. The molecule has 0 amide bonds. The fraction of sp³-hybridized carbons (Fsp3) is 0.0588. The summed E-state index contributed by atoms with van der Waals surface area (Å²) in [5, 5.41) is 8.24. The van der Waals surface area contributed by atoms with E-state index in [1.54, 1.807) is 18.2 Å². The average molecular weight is 340 g/mol. The van der Waals surface area contributed by atoms with Crippen LogP contribution in [-0.4, -0.2) is 18.4 Å². The number of sulfonamides is 1. The van der Waals surface area contributed by atoms with E-state index < -0.39 is 10.0 Å². The highest BCUT2D eigenvalue weighted by atomic mass is 32.2. The zero-order chi connectivity index (χ0) is 17.0. The molecule has 0 bridgehead atoms. The van der Waals surface area contributed by atoms with Crippen LogP contribution in [0.3, 0.4) is 0 Å². The minimum atomic E-state index is -3.56. The largest absolute Gasteiger partial charge is 0.340 e. The number of aromatic nitrogens is 2. The van der Waals surface area contributed by atoms with Crippen molar-refractivity contribution in [1.29, 1.82) is 0 Å². The first-order valence-corrected chi connectivity index (χ1v) is 8.95. The van der Waals surface area contributed by atoms with Gasteiger partial charge in [0.2, 0.25) is 10.0 Å². The van der Waals surface area contributed by atoms with Gasteiger partial charge in [-0.15, -0.1) is 0 Å². The van der Waals surface area contributed by atoms with Gasteiger partial charge < -0.3 is 5.32 Å². The summed E-state index contributed by atoms with van der Waals surface area (Å²) >= 11 is 0. The number of rotatable bonds is 5. The summed E-state index contributed by atoms with van der Waals surface area (Å²) in [5.74, 6) is 0.415. The maximum atomic E-state index is 11.2. The zero-order valence-corrected chi connectivity index (χ0v) is 13.6. The third-order valence-electron chi connectivity index (χ3n) is 3.30. The molecule has 0 fully saturated rings. The van der Waals surface area contributed by atoms with Gasteiger partial charge in [0, 0.05) is 17.3 Å². The Hall–Kier alpha value is -2.77. The Bertz CT molecular complexity index is 944. The smallest absolute Gasteiger partial charge is 0.213 e. The molecule has 3 rings (SSSR count). The molecular weight excluding hydrogens is 324 g/mol. The molecule has 2 aromatic carbocycles. The van der Waals surface area contributed by atoms with Gasteiger partial charge >= 0.3 is 0 Å². The van der Waals surface area contributed by atoms with E-state index in [2.05, 4.69) is 15.3 Å². The number of hydrogen-bond donors (Lipinski definition) is 2. The minimum Gasteiger partial charge on any atom is -0.340 e. The van der Waals surface area contributed by atoms with Crippen molar-refractivity contribution in [3.8, 4) is 11.3 Å². The molecule has 1 heterocycles. The second kappa shape index (κ2) is 6.77. The highest BCUT2D eigenvalue weighted by Crippen LogP contribution is 2.21. The van der Waals surface area contributed by atoms with E-state index in [4.69, 9.17) is 5.14 Å². The molecule has 0 aliphatic heterocycles. The van der Waals surface area contributed by atoms with Gasteiger partial charge in [-0.2, -0.15) is 0 Å². The number of benzene rings is 2. The lowest BCUT2D eigenvalue weighted by atomic mass is 10.1. The quantitative estimate of drug-likeness (QED) is 0.744. The summed E-state index contributed by atoms with van der Waals surface area (Å²) in [6.07, 6.45) is 1.48. The van der Waals surface area contributed by atoms with Crippen LogP contribution in [-0.2, 0) is 15.8 Å². The second-order valence-electron chi connectivity index (χ2n) is 5.29. The SMILES string of the molecule is NS(=O)(=O)Cc1cccc(Nc2cc(-c3ccccc3)ncn2)c1. The number of primary sulfonamides is 1. The molecule has 1 aromatic heterocycles. The second-order valence-corrected chi connectivity index (χ2v) is 6.90. The van der Waals surface area contributed by atoms with E-state index >= 15 is 0 Å². The van der Waals surface area contributed by atoms with Gasteiger partial charge in [0.15, 0.2) is 0 Å². The van der Waals surface area contributed by atoms with Crippen LogP contribution in [0, 0.1) is 0 Å². The van der Waals surface area contributed by atoms with Crippen molar-refractivity contribution in [2.45, 2.75) is 5.75 Å². The fourth-order valence-electron chi connectivity index (χ4n) is 2.31. The van der Waals surface area contributed by atoms with E-state index in [9.17, 15) is 8.42 Å². The highest BCUT2D eigenvalue weighted by Gasteiger charge is 2.06. The summed E-state index contributed by atoms with van der Waals surface area (Å²) in [5.41, 5.74) is 3.13. The Labute approximate surface area is 140 Å². The maximum absolute atomic E-state index is 11.2. The van der Waals surface area contributed by atoms with E-state index in [1.807, 2.05) is 42.5 Å². The van der Waals surface area contributed by atoms with Crippen LogP contribution in [0.1, 0.15) is 5.56 Å². The number of hydrogen-bond acceptors (Lipinski definition) is 5. The molecular formula is C17H16N4O2S. The van der Waals surface area contributed by atoms with E-state index in [0.29, 0.717) is 11.4 Å². The first-order chi connectivity index (χ1) is 11.5. The first-order valence-electron chi connectivity index (χ1n) is 7.23. The molecule has 7 heteroatoms. The molecule has 6 nitrogen and oxygen atoms in total. The Morgan fingerprint density at radius 1 is 0.958 bits per heavy atom. The number of anilines is 2. The maximum Gasteiger partial charge on any atom is 0.213 e. The summed E-state index contributed by atoms with van der Waals surface area (Å²) in [6, 6.07) is 18.7. The van der Waals surface area contributed by atoms with Gasteiger partial charge in [-0.25, -0.2) is 23.5 Å². The summed E-state index contributed by atoms with van der Waals surface area (Å²) < 4.78 is 22.4. The molecule has 0 saturated carbocycles. The van der Waals surface area contributed by atoms with Crippen LogP contribution in [0.5, 0.6) is 0 Å². The highest BCUT2D eigenvalue weighted by molar-refractivity contribution is 7.88. The minimum absolute atomic E-state index is 0.207. The van der Waals surface area contributed by atoms with Crippen molar-refractivity contribution in [3.63, 3.8) is 0 Å². The first kappa shape index (κ1) is 16.1. The molecule has 0 spiro atoms. The monoisotopic (exact) mass is 340 g/mol. The van der Waals surface area contributed by atoms with Crippen LogP contribution >= 0.6 is 0 Å². The van der Waals surface area contributed by atoms with Crippen molar-refractivity contribution < 1.29 is 8.42 Å². The molecule has 0 aliphatic rings. The predicted molar refractivity (Wildman–Crippen MR) is 94.0 cm³/mol. The fourth-order valence-corrected chi connectivity index (χ4v) is 2.96. The molecule has 3 aromatic rings. The Morgan fingerprint density at radius 3 is 2.50 bits per heavy atom. The van der Waals surface area contributed by atoms with Gasteiger partial charge in [0.1, 0.15) is 12.1 Å². The lowest BCUT2D eigenvalue weighted by Crippen LogP contribution is -2.14. The number of nitrogens with zero attached hydrogens (tertiary/aromatic N) is 2. The molecule has 0 atom stereocenters. The molecule has 0 aliphatic carbocycles. The van der Waals surface area contributed by atoms with Crippen molar-refractivity contribution in [1.82, 2.24) is 9.97 Å². The van der Waals surface area contributed by atoms with Crippen molar-refractivity contribution >= 4 is 21.5 Å². The van der Waals surface area contributed by atoms with Crippen LogP contribution in [0.2, 0.25) is 0 Å². The lowest BCUT2D eigenvalue weighted by molar-refractivity contribution is 0.597. The Morgan fingerprint density at radius 2 is 1.75 bits per heavy atom. The molecule has 122 valence electrons. The van der Waals surface area contributed by atoms with Crippen LogP contribution in [0.15, 0.2) is 67.0 Å². The van der Waals surface area contributed by atoms with Gasteiger partial charge in [-0.3, -0.25) is 0 Å². The van der Waals surface area contributed by atoms with Crippen molar-refractivity contribution in [2.75, 3.05) is 5.32 Å². The lowest BCUT2D eigenvalue weighted by Gasteiger charge is -2.08. The van der Waals surface area contributed by atoms with E-state index in [0.717, 1.165) is 16.9 Å². The third-order valence-corrected chi connectivity index (χ3v) is 4.04. The van der Waals surface area contributed by atoms with Crippen molar-refractivity contribution in [3.05, 3.63) is 72.6 Å². The molecule has 3 N–H and O–H groups in total. The molecule has 0 radical (unpaired) electrons. The van der Waals surface area contributed by atoms with Crippen LogP contribution in [0.25, 0.3) is 11.3 Å². The summed E-state index contributed by atoms with van der Waals surface area (Å²) in [4.78, 5) is 8.47. The van der Waals surface area contributed by atoms with Crippen LogP contribution in [0.4, 0.5) is 11.5 Å². The Balaban J connectivity index is 1.83. The Kier molecular flexibility index (Phi) is 4.54. The van der Waals surface area contributed by atoms with Crippen LogP contribution < -0.4 is 10.5 Å². The van der Waals surface area contributed by atoms with Gasteiger partial charge in [0.25, 0.3) is 0 Å². The van der Waals surface area contributed by atoms with Crippen molar-refractivity contribution in [2.24, 2.45) is 5.14 Å². The molecule has 24 heavy (non-hydrogen) atoms.